The quantitative estimate of drug-likeness (QED) is 0.695. The summed E-state index contributed by atoms with van der Waals surface area (Å²) in [5.74, 6) is -0.586. The van der Waals surface area contributed by atoms with E-state index in [1.165, 1.54) is 28.8 Å². The van der Waals surface area contributed by atoms with Crippen LogP contribution in [0.5, 0.6) is 0 Å². The lowest BCUT2D eigenvalue weighted by atomic mass is 10.2. The third-order valence-corrected chi connectivity index (χ3v) is 3.97. The molecule has 1 unspecified atom stereocenters. The average Bonchev–Trinajstić information content (AvgIpc) is 3.08. The van der Waals surface area contributed by atoms with Crippen LogP contribution in [0.15, 0.2) is 47.8 Å². The van der Waals surface area contributed by atoms with Gasteiger partial charge < -0.3 is 10.6 Å². The molecule has 0 spiro atoms. The van der Waals surface area contributed by atoms with E-state index in [9.17, 15) is 14.4 Å². The fraction of sp³-hybridized carbons (Fsp3) is 0.235. The highest BCUT2D eigenvalue weighted by molar-refractivity contribution is 5.93. The Kier molecular flexibility index (Phi) is 4.78. The number of aromatic nitrogens is 4. The topological polar surface area (TPSA) is 111 Å². The summed E-state index contributed by atoms with van der Waals surface area (Å²) < 4.78 is 2.69. The Morgan fingerprint density at radius 1 is 1.27 bits per heavy atom. The molecule has 0 aliphatic heterocycles. The van der Waals surface area contributed by atoms with Gasteiger partial charge in [-0.2, -0.15) is 5.10 Å². The first-order chi connectivity index (χ1) is 12.5. The van der Waals surface area contributed by atoms with Crippen molar-refractivity contribution in [2.24, 2.45) is 0 Å². The molecule has 9 nitrogen and oxygen atoms in total. The second-order valence-electron chi connectivity index (χ2n) is 5.74. The number of anilines is 1. The summed E-state index contributed by atoms with van der Waals surface area (Å²) in [7, 11) is 1.53. The number of carbonyl (C=O) groups is 2. The van der Waals surface area contributed by atoms with E-state index in [1.807, 2.05) is 0 Å². The third kappa shape index (κ3) is 3.46. The van der Waals surface area contributed by atoms with Crippen LogP contribution in [0.1, 0.15) is 13.0 Å². The average molecular weight is 354 g/mol. The Hall–Kier alpha value is -3.49. The molecule has 2 amide bonds. The summed E-state index contributed by atoms with van der Waals surface area (Å²) >= 11 is 0. The van der Waals surface area contributed by atoms with Crippen LogP contribution in [0.2, 0.25) is 0 Å². The van der Waals surface area contributed by atoms with E-state index in [0.717, 1.165) is 0 Å². The zero-order chi connectivity index (χ0) is 18.7. The highest BCUT2D eigenvalue weighted by Crippen LogP contribution is 2.12. The molecule has 0 saturated carbocycles. The second-order valence-corrected chi connectivity index (χ2v) is 5.74. The van der Waals surface area contributed by atoms with Crippen molar-refractivity contribution >= 4 is 28.4 Å². The number of likely N-dealkylation sites (N-methyl/N-ethyl adjacent to an activating group) is 1. The number of nitrogens with zero attached hydrogens (tertiary/aromatic N) is 4. The fourth-order valence-electron chi connectivity index (χ4n) is 2.47. The SMILES string of the molecule is CNC(=O)Cn1cc(NC(=O)C(C)n2cnc3ccccc3c2=O)cn1. The van der Waals surface area contributed by atoms with E-state index < -0.39 is 6.04 Å². The molecule has 0 aliphatic rings. The minimum absolute atomic E-state index is 0.0516. The molecule has 0 fully saturated rings. The predicted molar refractivity (Wildman–Crippen MR) is 95.6 cm³/mol. The van der Waals surface area contributed by atoms with Gasteiger partial charge in [-0.15, -0.1) is 0 Å². The molecule has 26 heavy (non-hydrogen) atoms. The van der Waals surface area contributed by atoms with Crippen molar-refractivity contribution in [3.8, 4) is 0 Å². The standard InChI is InChI=1S/C17H18N6O3/c1-11(23-10-19-14-6-4-3-5-13(14)17(23)26)16(25)21-12-7-20-22(8-12)9-15(24)18-2/h3-8,10-11H,9H2,1-2H3,(H,18,24)(H,21,25). The molecule has 3 aromatic rings. The van der Waals surface area contributed by atoms with Gasteiger partial charge in [0.25, 0.3) is 5.56 Å². The summed E-state index contributed by atoms with van der Waals surface area (Å²) in [5, 5.41) is 9.64. The molecule has 2 aromatic heterocycles. The fourth-order valence-corrected chi connectivity index (χ4v) is 2.47. The largest absolute Gasteiger partial charge is 0.358 e. The van der Waals surface area contributed by atoms with E-state index in [2.05, 4.69) is 20.7 Å². The Morgan fingerprint density at radius 3 is 2.81 bits per heavy atom. The van der Waals surface area contributed by atoms with Gasteiger partial charge in [0.05, 0.1) is 29.1 Å². The van der Waals surface area contributed by atoms with E-state index in [4.69, 9.17) is 0 Å². The lowest BCUT2D eigenvalue weighted by Crippen LogP contribution is -2.31. The van der Waals surface area contributed by atoms with Crippen LogP contribution in [0, 0.1) is 0 Å². The number of para-hydroxylation sites is 1. The molecule has 2 N–H and O–H groups in total. The number of carbonyl (C=O) groups excluding carboxylic acids is 2. The number of rotatable bonds is 5. The lowest BCUT2D eigenvalue weighted by molar-refractivity contribution is -0.121. The number of hydrogen-bond acceptors (Lipinski definition) is 5. The minimum atomic E-state index is -0.762. The number of benzene rings is 1. The highest BCUT2D eigenvalue weighted by Gasteiger charge is 2.18. The van der Waals surface area contributed by atoms with Gasteiger partial charge in [0.15, 0.2) is 0 Å². The van der Waals surface area contributed by atoms with Crippen molar-refractivity contribution in [1.29, 1.82) is 0 Å². The molecule has 1 aromatic carbocycles. The monoisotopic (exact) mass is 354 g/mol. The second kappa shape index (κ2) is 7.18. The Bertz CT molecular complexity index is 1020. The third-order valence-electron chi connectivity index (χ3n) is 3.97. The molecule has 134 valence electrons. The van der Waals surface area contributed by atoms with Crippen LogP contribution in [-0.2, 0) is 16.1 Å². The molecule has 0 aliphatic carbocycles. The number of amides is 2. The van der Waals surface area contributed by atoms with Crippen LogP contribution in [0.3, 0.4) is 0 Å². The van der Waals surface area contributed by atoms with Crippen molar-refractivity contribution in [3.63, 3.8) is 0 Å². The van der Waals surface area contributed by atoms with Crippen LogP contribution in [-0.4, -0.2) is 38.2 Å². The van der Waals surface area contributed by atoms with Crippen molar-refractivity contribution in [2.75, 3.05) is 12.4 Å². The zero-order valence-electron chi connectivity index (χ0n) is 14.3. The van der Waals surface area contributed by atoms with Crippen molar-refractivity contribution in [3.05, 3.63) is 53.3 Å². The normalized spacial score (nSPS) is 11.9. The van der Waals surface area contributed by atoms with Crippen molar-refractivity contribution < 1.29 is 9.59 Å². The van der Waals surface area contributed by atoms with Crippen LogP contribution in [0.25, 0.3) is 10.9 Å². The Morgan fingerprint density at radius 2 is 2.04 bits per heavy atom. The minimum Gasteiger partial charge on any atom is -0.358 e. The molecule has 9 heteroatoms. The maximum Gasteiger partial charge on any atom is 0.261 e. The number of fused-ring (bicyclic) bond motifs is 1. The molecule has 1 atom stereocenters. The molecular formula is C17H18N6O3. The van der Waals surface area contributed by atoms with E-state index in [-0.39, 0.29) is 23.9 Å². The highest BCUT2D eigenvalue weighted by atomic mass is 16.2. The van der Waals surface area contributed by atoms with Crippen molar-refractivity contribution in [1.82, 2.24) is 24.6 Å². The summed E-state index contributed by atoms with van der Waals surface area (Å²) in [4.78, 5) is 40.6. The summed E-state index contributed by atoms with van der Waals surface area (Å²) in [6.45, 7) is 1.66. The van der Waals surface area contributed by atoms with E-state index >= 15 is 0 Å². The first-order valence-electron chi connectivity index (χ1n) is 7.99. The molecule has 0 radical (unpaired) electrons. The van der Waals surface area contributed by atoms with E-state index in [0.29, 0.717) is 16.6 Å². The Labute approximate surface area is 148 Å². The van der Waals surface area contributed by atoms with Crippen LogP contribution in [0.4, 0.5) is 5.69 Å². The first-order valence-corrected chi connectivity index (χ1v) is 7.99. The van der Waals surface area contributed by atoms with Crippen LogP contribution < -0.4 is 16.2 Å². The van der Waals surface area contributed by atoms with Gasteiger partial charge in [-0.25, -0.2) is 4.98 Å². The van der Waals surface area contributed by atoms with Crippen molar-refractivity contribution in [2.45, 2.75) is 19.5 Å². The summed E-state index contributed by atoms with van der Waals surface area (Å²) in [6, 6.07) is 6.20. The smallest absolute Gasteiger partial charge is 0.261 e. The van der Waals surface area contributed by atoms with E-state index in [1.54, 1.807) is 37.4 Å². The van der Waals surface area contributed by atoms with Gasteiger partial charge in [0.2, 0.25) is 11.8 Å². The molecule has 0 saturated heterocycles. The van der Waals surface area contributed by atoms with Gasteiger partial charge in [-0.3, -0.25) is 23.6 Å². The summed E-state index contributed by atoms with van der Waals surface area (Å²) in [6.07, 6.45) is 4.35. The molecule has 2 heterocycles. The first kappa shape index (κ1) is 17.3. The van der Waals surface area contributed by atoms with Gasteiger partial charge in [-0.1, -0.05) is 12.1 Å². The molecule has 0 bridgehead atoms. The number of hydrogen-bond donors (Lipinski definition) is 2. The van der Waals surface area contributed by atoms with Gasteiger partial charge in [-0.05, 0) is 19.1 Å². The molecular weight excluding hydrogens is 336 g/mol. The molecule has 3 rings (SSSR count). The van der Waals surface area contributed by atoms with Crippen LogP contribution >= 0.6 is 0 Å². The lowest BCUT2D eigenvalue weighted by Gasteiger charge is -2.14. The number of nitrogens with one attached hydrogen (secondary N) is 2. The predicted octanol–water partition coefficient (Wildman–Crippen LogP) is 0.539. The summed E-state index contributed by atoms with van der Waals surface area (Å²) in [5.41, 5.74) is 0.734. The Balaban J connectivity index is 1.77. The van der Waals surface area contributed by atoms with Gasteiger partial charge in [0, 0.05) is 13.2 Å². The zero-order valence-corrected chi connectivity index (χ0v) is 14.3. The maximum atomic E-state index is 12.6. The van der Waals surface area contributed by atoms with Gasteiger partial charge >= 0.3 is 0 Å². The van der Waals surface area contributed by atoms with Gasteiger partial charge in [0.1, 0.15) is 12.6 Å². The maximum absolute atomic E-state index is 12.6.